The van der Waals surface area contributed by atoms with E-state index in [1.165, 1.54) is 31.4 Å². The van der Waals surface area contributed by atoms with Gasteiger partial charge in [-0.25, -0.2) is 13.1 Å². The minimum atomic E-state index is -3.68. The summed E-state index contributed by atoms with van der Waals surface area (Å²) >= 11 is 11.9. The highest BCUT2D eigenvalue weighted by atomic mass is 35.5. The molecule has 0 heterocycles. The Morgan fingerprint density at radius 2 is 1.87 bits per heavy atom. The zero-order valence-electron chi connectivity index (χ0n) is 16.1. The highest BCUT2D eigenvalue weighted by molar-refractivity contribution is 7.89. The quantitative estimate of drug-likeness (QED) is 0.427. The lowest BCUT2D eigenvalue weighted by Crippen LogP contribution is -2.35. The SMILES string of the molecule is COCCNS(=O)(=O)c1ccc(C(=O)NCC(O)COc2cccc(Cl)c2Cl)cc1. The van der Waals surface area contributed by atoms with Crippen LogP contribution in [0.2, 0.25) is 10.0 Å². The lowest BCUT2D eigenvalue weighted by Gasteiger charge is -2.14. The van der Waals surface area contributed by atoms with E-state index >= 15 is 0 Å². The average Bonchev–Trinajstić information content (AvgIpc) is 2.73. The molecule has 0 radical (unpaired) electrons. The molecule has 164 valence electrons. The summed E-state index contributed by atoms with van der Waals surface area (Å²) in [5.74, 6) is -0.142. The van der Waals surface area contributed by atoms with Crippen molar-refractivity contribution in [2.45, 2.75) is 11.0 Å². The Bertz CT molecular complexity index is 954. The van der Waals surface area contributed by atoms with Crippen LogP contribution in [0.1, 0.15) is 10.4 Å². The van der Waals surface area contributed by atoms with Crippen LogP contribution in [0, 0.1) is 0 Å². The van der Waals surface area contributed by atoms with E-state index in [1.54, 1.807) is 18.2 Å². The maximum absolute atomic E-state index is 12.2. The van der Waals surface area contributed by atoms with Gasteiger partial charge in [-0.3, -0.25) is 4.79 Å². The molecule has 2 rings (SSSR count). The summed E-state index contributed by atoms with van der Waals surface area (Å²) in [5.41, 5.74) is 0.247. The number of aliphatic hydroxyl groups excluding tert-OH is 1. The van der Waals surface area contributed by atoms with Crippen LogP contribution >= 0.6 is 23.2 Å². The predicted octanol–water partition coefficient (Wildman–Crippen LogP) is 2.09. The molecule has 30 heavy (non-hydrogen) atoms. The van der Waals surface area contributed by atoms with Crippen molar-refractivity contribution in [1.29, 1.82) is 0 Å². The molecule has 3 N–H and O–H groups in total. The topological polar surface area (TPSA) is 114 Å². The van der Waals surface area contributed by atoms with Gasteiger partial charge in [0.1, 0.15) is 23.5 Å². The summed E-state index contributed by atoms with van der Waals surface area (Å²) in [6, 6.07) is 10.3. The highest BCUT2D eigenvalue weighted by Crippen LogP contribution is 2.31. The highest BCUT2D eigenvalue weighted by Gasteiger charge is 2.15. The summed E-state index contributed by atoms with van der Waals surface area (Å²) < 4.78 is 36.8. The summed E-state index contributed by atoms with van der Waals surface area (Å²) in [6.45, 7) is 0.205. The third kappa shape index (κ3) is 7.12. The van der Waals surface area contributed by atoms with Gasteiger partial charge in [0.2, 0.25) is 10.0 Å². The van der Waals surface area contributed by atoms with Gasteiger partial charge in [-0.1, -0.05) is 29.3 Å². The van der Waals surface area contributed by atoms with Gasteiger partial charge >= 0.3 is 0 Å². The largest absolute Gasteiger partial charge is 0.489 e. The number of amides is 1. The zero-order valence-corrected chi connectivity index (χ0v) is 18.4. The Balaban J connectivity index is 1.85. The van der Waals surface area contributed by atoms with Crippen LogP contribution < -0.4 is 14.8 Å². The van der Waals surface area contributed by atoms with Gasteiger partial charge in [0, 0.05) is 25.8 Å². The number of hydrogen-bond acceptors (Lipinski definition) is 6. The van der Waals surface area contributed by atoms with Gasteiger partial charge in [0.05, 0.1) is 16.5 Å². The van der Waals surface area contributed by atoms with Gasteiger partial charge in [-0.05, 0) is 36.4 Å². The second-order valence-corrected chi connectivity index (χ2v) is 8.69. The first-order chi connectivity index (χ1) is 14.2. The fourth-order valence-corrected chi connectivity index (χ4v) is 3.66. The Kier molecular flexibility index (Phi) is 9.35. The van der Waals surface area contributed by atoms with E-state index in [1.807, 2.05) is 0 Å². The third-order valence-electron chi connectivity index (χ3n) is 3.87. The molecule has 0 aliphatic rings. The number of benzene rings is 2. The van der Waals surface area contributed by atoms with Crippen molar-refractivity contribution in [2.24, 2.45) is 0 Å². The molecule has 0 saturated heterocycles. The molecule has 0 aromatic heterocycles. The fraction of sp³-hybridized carbons (Fsp3) is 0.316. The van der Waals surface area contributed by atoms with Crippen LogP contribution in [-0.4, -0.2) is 58.9 Å². The van der Waals surface area contributed by atoms with Crippen molar-refractivity contribution in [3.8, 4) is 5.75 Å². The molecular weight excluding hydrogens is 455 g/mol. The lowest BCUT2D eigenvalue weighted by atomic mass is 10.2. The fourth-order valence-electron chi connectivity index (χ4n) is 2.30. The Morgan fingerprint density at radius 3 is 2.53 bits per heavy atom. The molecule has 8 nitrogen and oxygen atoms in total. The molecule has 11 heteroatoms. The summed E-state index contributed by atoms with van der Waals surface area (Å²) in [6.07, 6.45) is -0.992. The number of rotatable bonds is 11. The van der Waals surface area contributed by atoms with E-state index in [9.17, 15) is 18.3 Å². The molecule has 2 aromatic carbocycles. The van der Waals surface area contributed by atoms with E-state index in [0.717, 1.165) is 0 Å². The molecule has 0 bridgehead atoms. The minimum Gasteiger partial charge on any atom is -0.489 e. The molecule has 1 atom stereocenters. The van der Waals surface area contributed by atoms with Gasteiger partial charge in [-0.15, -0.1) is 0 Å². The van der Waals surface area contributed by atoms with E-state index in [-0.39, 0.29) is 41.8 Å². The number of sulfonamides is 1. The first kappa shape index (κ1) is 24.4. The van der Waals surface area contributed by atoms with Crippen molar-refractivity contribution in [1.82, 2.24) is 10.0 Å². The molecule has 1 unspecified atom stereocenters. The van der Waals surface area contributed by atoms with Crippen LogP contribution in [0.25, 0.3) is 0 Å². The zero-order chi connectivity index (χ0) is 22.1. The van der Waals surface area contributed by atoms with Crippen molar-refractivity contribution in [3.05, 3.63) is 58.1 Å². The van der Waals surface area contributed by atoms with E-state index in [0.29, 0.717) is 10.8 Å². The first-order valence-electron chi connectivity index (χ1n) is 8.86. The lowest BCUT2D eigenvalue weighted by molar-refractivity contribution is 0.0844. The number of ether oxygens (including phenoxy) is 2. The maximum atomic E-state index is 12.2. The van der Waals surface area contributed by atoms with Gasteiger partial charge in [0.25, 0.3) is 5.91 Å². The second kappa shape index (κ2) is 11.5. The minimum absolute atomic E-state index is 0.0296. The third-order valence-corrected chi connectivity index (χ3v) is 6.15. The Labute approximate surface area is 185 Å². The van der Waals surface area contributed by atoms with Crippen molar-refractivity contribution < 1.29 is 27.8 Å². The maximum Gasteiger partial charge on any atom is 0.251 e. The first-order valence-corrected chi connectivity index (χ1v) is 11.1. The number of halogens is 2. The van der Waals surface area contributed by atoms with Crippen LogP contribution in [0.4, 0.5) is 0 Å². The van der Waals surface area contributed by atoms with Gasteiger partial charge in [-0.2, -0.15) is 0 Å². The van der Waals surface area contributed by atoms with Crippen LogP contribution in [-0.2, 0) is 14.8 Å². The summed E-state index contributed by atoms with van der Waals surface area (Å²) in [5, 5.41) is 13.1. The van der Waals surface area contributed by atoms with E-state index in [2.05, 4.69) is 10.0 Å². The number of methoxy groups -OCH3 is 1. The summed E-state index contributed by atoms with van der Waals surface area (Å²) in [7, 11) is -2.21. The molecule has 1 amide bonds. The Hall–Kier alpha value is -1.88. The predicted molar refractivity (Wildman–Crippen MR) is 114 cm³/mol. The Morgan fingerprint density at radius 1 is 1.17 bits per heavy atom. The normalized spacial score (nSPS) is 12.4. The van der Waals surface area contributed by atoms with Crippen LogP contribution in [0.15, 0.2) is 47.4 Å². The van der Waals surface area contributed by atoms with Crippen molar-refractivity contribution in [2.75, 3.05) is 33.4 Å². The number of aliphatic hydroxyl groups is 1. The molecule has 0 spiro atoms. The number of carbonyl (C=O) groups excluding carboxylic acids is 1. The number of nitrogens with one attached hydrogen (secondary N) is 2. The average molecular weight is 477 g/mol. The molecule has 2 aromatic rings. The van der Waals surface area contributed by atoms with E-state index in [4.69, 9.17) is 32.7 Å². The number of hydrogen-bond donors (Lipinski definition) is 3. The summed E-state index contributed by atoms with van der Waals surface area (Å²) in [4.78, 5) is 12.2. The molecule has 0 aliphatic heterocycles. The monoisotopic (exact) mass is 476 g/mol. The molecule has 0 fully saturated rings. The molecular formula is C19H22Cl2N2O6S. The van der Waals surface area contributed by atoms with Crippen molar-refractivity contribution in [3.63, 3.8) is 0 Å². The van der Waals surface area contributed by atoms with Gasteiger partial charge in [0.15, 0.2) is 0 Å². The standard InChI is InChI=1S/C19H22Cl2N2O6S/c1-28-10-9-23-30(26,27)15-7-5-13(6-8-15)19(25)22-11-14(24)12-29-17-4-2-3-16(20)18(17)21/h2-8,14,23-24H,9-12H2,1H3,(H,22,25). The van der Waals surface area contributed by atoms with Crippen LogP contribution in [0.5, 0.6) is 5.75 Å². The smallest absolute Gasteiger partial charge is 0.251 e. The van der Waals surface area contributed by atoms with E-state index < -0.39 is 22.0 Å². The van der Waals surface area contributed by atoms with Crippen LogP contribution in [0.3, 0.4) is 0 Å². The molecule has 0 saturated carbocycles. The van der Waals surface area contributed by atoms with Gasteiger partial charge < -0.3 is 19.9 Å². The second-order valence-electron chi connectivity index (χ2n) is 6.14. The molecule has 0 aliphatic carbocycles. The number of carbonyl (C=O) groups is 1. The van der Waals surface area contributed by atoms with Crippen molar-refractivity contribution >= 4 is 39.1 Å².